The maximum Gasteiger partial charge on any atom is 0.258 e. The van der Waals surface area contributed by atoms with Crippen LogP contribution in [0.4, 0.5) is 0 Å². The Bertz CT molecular complexity index is 1170. The number of para-hydroxylation sites is 1. The lowest BCUT2D eigenvalue weighted by Gasteiger charge is -2.31. The van der Waals surface area contributed by atoms with E-state index < -0.39 is 6.04 Å². The van der Waals surface area contributed by atoms with Gasteiger partial charge in [-0.25, -0.2) is 0 Å². The molecular formula is C28H31N3O5. The highest BCUT2D eigenvalue weighted by molar-refractivity contribution is 6.00. The number of amides is 2. The van der Waals surface area contributed by atoms with Crippen molar-refractivity contribution in [3.05, 3.63) is 83.7 Å². The molecule has 1 aliphatic heterocycles. The third-order valence-corrected chi connectivity index (χ3v) is 6.17. The van der Waals surface area contributed by atoms with Gasteiger partial charge in [-0.2, -0.15) is 0 Å². The van der Waals surface area contributed by atoms with Crippen LogP contribution >= 0.6 is 0 Å². The minimum Gasteiger partial charge on any atom is -0.493 e. The Labute approximate surface area is 211 Å². The van der Waals surface area contributed by atoms with Gasteiger partial charge in [-0.05, 0) is 61.2 Å². The average molecular weight is 490 g/mol. The van der Waals surface area contributed by atoms with Gasteiger partial charge in [0.1, 0.15) is 18.4 Å². The van der Waals surface area contributed by atoms with E-state index in [-0.39, 0.29) is 18.4 Å². The normalized spacial score (nSPS) is 15.4. The number of nitrogens with one attached hydrogen (secondary N) is 1. The van der Waals surface area contributed by atoms with E-state index in [1.165, 1.54) is 14.2 Å². The Balaban J connectivity index is 1.58. The van der Waals surface area contributed by atoms with Crippen molar-refractivity contribution in [3.8, 4) is 17.2 Å². The fourth-order valence-electron chi connectivity index (χ4n) is 4.28. The van der Waals surface area contributed by atoms with Gasteiger partial charge in [-0.1, -0.05) is 24.3 Å². The lowest BCUT2D eigenvalue weighted by Crippen LogP contribution is -2.48. The highest BCUT2D eigenvalue weighted by Crippen LogP contribution is 2.33. The van der Waals surface area contributed by atoms with Crippen LogP contribution < -0.4 is 19.5 Å². The molecule has 1 atom stereocenters. The average Bonchev–Trinajstić information content (AvgIpc) is 3.14. The summed E-state index contributed by atoms with van der Waals surface area (Å²) in [5, 5.41) is 2.95. The molecule has 0 bridgehead atoms. The van der Waals surface area contributed by atoms with E-state index in [0.717, 1.165) is 24.1 Å². The second kappa shape index (κ2) is 12.1. The summed E-state index contributed by atoms with van der Waals surface area (Å²) in [6.07, 6.45) is 4.06. The van der Waals surface area contributed by atoms with Gasteiger partial charge in [0.05, 0.1) is 25.5 Å². The van der Waals surface area contributed by atoms with Crippen LogP contribution in [0.3, 0.4) is 0 Å². The Morgan fingerprint density at radius 3 is 2.58 bits per heavy atom. The summed E-state index contributed by atoms with van der Waals surface area (Å²) < 4.78 is 16.7. The lowest BCUT2D eigenvalue weighted by molar-refractivity contribution is -0.125. The molecule has 0 unspecified atom stereocenters. The summed E-state index contributed by atoms with van der Waals surface area (Å²) in [4.78, 5) is 32.7. The van der Waals surface area contributed by atoms with Gasteiger partial charge in [0, 0.05) is 19.3 Å². The highest BCUT2D eigenvalue weighted by atomic mass is 16.5. The molecule has 0 aliphatic carbocycles. The number of hydrogen-bond acceptors (Lipinski definition) is 6. The molecular weight excluding hydrogens is 458 g/mol. The zero-order chi connectivity index (χ0) is 25.3. The molecule has 1 aliphatic rings. The van der Waals surface area contributed by atoms with Crippen molar-refractivity contribution in [3.63, 3.8) is 0 Å². The summed E-state index contributed by atoms with van der Waals surface area (Å²) in [6.45, 7) is 1.24. The summed E-state index contributed by atoms with van der Waals surface area (Å²) in [7, 11) is 3.03. The van der Waals surface area contributed by atoms with E-state index in [1.807, 2.05) is 42.5 Å². The number of ether oxygens (including phenoxy) is 3. The molecule has 0 spiro atoms. The predicted octanol–water partition coefficient (Wildman–Crippen LogP) is 3.99. The largest absolute Gasteiger partial charge is 0.493 e. The fraction of sp³-hybridized carbons (Fsp3) is 0.321. The number of pyridine rings is 1. The van der Waals surface area contributed by atoms with Crippen molar-refractivity contribution < 1.29 is 23.8 Å². The van der Waals surface area contributed by atoms with Crippen LogP contribution in [0, 0.1) is 0 Å². The lowest BCUT2D eigenvalue weighted by atomic mass is 10.0. The van der Waals surface area contributed by atoms with E-state index in [9.17, 15) is 9.59 Å². The van der Waals surface area contributed by atoms with Crippen LogP contribution in [0.2, 0.25) is 0 Å². The first kappa shape index (κ1) is 25.0. The second-order valence-corrected chi connectivity index (χ2v) is 8.53. The smallest absolute Gasteiger partial charge is 0.258 e. The number of carbonyl (C=O) groups excluding carboxylic acids is 2. The van der Waals surface area contributed by atoms with Crippen molar-refractivity contribution in [1.82, 2.24) is 15.2 Å². The van der Waals surface area contributed by atoms with E-state index in [1.54, 1.807) is 29.3 Å². The molecule has 8 heteroatoms. The Morgan fingerprint density at radius 1 is 1.03 bits per heavy atom. The molecule has 36 heavy (non-hydrogen) atoms. The minimum atomic E-state index is -0.587. The van der Waals surface area contributed by atoms with Crippen LogP contribution in [0.1, 0.15) is 40.9 Å². The topological polar surface area (TPSA) is 90.0 Å². The number of nitrogens with zero attached hydrogens (tertiary/aromatic N) is 2. The number of carbonyl (C=O) groups is 2. The third kappa shape index (κ3) is 5.94. The van der Waals surface area contributed by atoms with Crippen molar-refractivity contribution in [2.75, 3.05) is 20.8 Å². The van der Waals surface area contributed by atoms with Crippen LogP contribution in [0.15, 0.2) is 66.9 Å². The van der Waals surface area contributed by atoms with Gasteiger partial charge >= 0.3 is 0 Å². The number of methoxy groups -OCH3 is 2. The molecule has 8 nitrogen and oxygen atoms in total. The molecule has 2 amide bonds. The first-order valence-electron chi connectivity index (χ1n) is 12.0. The molecule has 188 valence electrons. The van der Waals surface area contributed by atoms with Crippen LogP contribution in [-0.4, -0.2) is 48.5 Å². The summed E-state index contributed by atoms with van der Waals surface area (Å²) in [6, 6.07) is 17.8. The monoisotopic (exact) mass is 489 g/mol. The van der Waals surface area contributed by atoms with E-state index in [0.29, 0.717) is 42.4 Å². The van der Waals surface area contributed by atoms with Gasteiger partial charge in [-0.15, -0.1) is 0 Å². The quantitative estimate of drug-likeness (QED) is 0.489. The van der Waals surface area contributed by atoms with Gasteiger partial charge in [0.25, 0.3) is 5.91 Å². The van der Waals surface area contributed by atoms with Gasteiger partial charge in [-0.3, -0.25) is 14.6 Å². The van der Waals surface area contributed by atoms with Gasteiger partial charge < -0.3 is 24.4 Å². The summed E-state index contributed by atoms with van der Waals surface area (Å²) in [5.74, 6) is 1.08. The van der Waals surface area contributed by atoms with Crippen molar-refractivity contribution >= 4 is 11.8 Å². The first-order valence-corrected chi connectivity index (χ1v) is 12.0. The second-order valence-electron chi connectivity index (χ2n) is 8.53. The molecule has 2 heterocycles. The van der Waals surface area contributed by atoms with Crippen molar-refractivity contribution in [2.45, 2.75) is 38.5 Å². The number of aromatic nitrogens is 1. The molecule has 0 saturated carbocycles. The summed E-state index contributed by atoms with van der Waals surface area (Å²) in [5.41, 5.74) is 2.07. The molecule has 1 aromatic heterocycles. The Morgan fingerprint density at radius 2 is 1.86 bits per heavy atom. The number of rotatable bonds is 9. The number of hydrogen-bond donors (Lipinski definition) is 1. The molecule has 1 N–H and O–H groups in total. The van der Waals surface area contributed by atoms with Crippen LogP contribution in [0.5, 0.6) is 17.2 Å². The van der Waals surface area contributed by atoms with E-state index in [2.05, 4.69) is 10.3 Å². The zero-order valence-electron chi connectivity index (χ0n) is 20.6. The Kier molecular flexibility index (Phi) is 8.39. The van der Waals surface area contributed by atoms with Crippen molar-refractivity contribution in [1.29, 1.82) is 0 Å². The van der Waals surface area contributed by atoms with Gasteiger partial charge in [0.15, 0.2) is 11.5 Å². The molecule has 1 fully saturated rings. The van der Waals surface area contributed by atoms with Crippen LogP contribution in [-0.2, 0) is 17.9 Å². The molecule has 3 aromatic rings. The fourth-order valence-corrected chi connectivity index (χ4v) is 4.28. The van der Waals surface area contributed by atoms with E-state index in [4.69, 9.17) is 14.2 Å². The first-order chi connectivity index (χ1) is 17.6. The third-order valence-electron chi connectivity index (χ3n) is 6.17. The van der Waals surface area contributed by atoms with Gasteiger partial charge in [0.2, 0.25) is 5.91 Å². The number of benzene rings is 2. The molecule has 0 radical (unpaired) electrons. The summed E-state index contributed by atoms with van der Waals surface area (Å²) >= 11 is 0. The Hall–Kier alpha value is -4.07. The van der Waals surface area contributed by atoms with E-state index >= 15 is 0 Å². The molecule has 4 rings (SSSR count). The molecule has 1 saturated heterocycles. The maximum absolute atomic E-state index is 13.9. The maximum atomic E-state index is 13.9. The SMILES string of the molecule is COc1cccc(C(=O)N(Cc2ccc(OCc3ccccn3)cc2)[C@H]2CCCCNC2=O)c1OC. The van der Waals surface area contributed by atoms with Crippen LogP contribution in [0.25, 0.3) is 0 Å². The minimum absolute atomic E-state index is 0.141. The zero-order valence-corrected chi connectivity index (χ0v) is 20.6. The molecule has 2 aromatic carbocycles. The standard InChI is InChI=1S/C28H31N3O5/c1-34-25-11-7-9-23(26(25)35-2)28(33)31(24-10-4-6-17-30-27(24)32)18-20-12-14-22(15-13-20)36-19-21-8-3-5-16-29-21/h3,5,7-9,11-16,24H,4,6,10,17-19H2,1-2H3,(H,30,32)/t24-/m0/s1. The van der Waals surface area contributed by atoms with Crippen molar-refractivity contribution in [2.24, 2.45) is 0 Å². The predicted molar refractivity (Wildman–Crippen MR) is 135 cm³/mol. The highest BCUT2D eigenvalue weighted by Gasteiger charge is 2.33.